The quantitative estimate of drug-likeness (QED) is 0.265. The molecule has 11 heteroatoms. The molecule has 2 N–H and O–H groups in total. The maximum atomic E-state index is 13.5. The van der Waals surface area contributed by atoms with Gasteiger partial charge in [-0.1, -0.05) is 54.6 Å². The Bertz CT molecular complexity index is 1700. The highest BCUT2D eigenvalue weighted by Gasteiger charge is 2.46. The minimum Gasteiger partial charge on any atom is -0.497 e. The summed E-state index contributed by atoms with van der Waals surface area (Å²) in [6.07, 6.45) is 0.590. The average Bonchev–Trinajstić information content (AvgIpc) is 3.47. The molecule has 0 unspecified atom stereocenters. The SMILES string of the molecule is COc1ccc(C(O[C@H]2C[C@@H](C(=O)O)N(C(=O)Cn3cc(C)c(=O)[nH]c3=O)C2)(c2ccccc2)c2ccc(OC)cc2)cc1. The number of carboxylic acids is 1. The van der Waals surface area contributed by atoms with Crippen LogP contribution >= 0.6 is 0 Å². The number of aliphatic carboxylic acids is 1. The Balaban J connectivity index is 1.57. The number of carboxylic acid groups (broad SMARTS) is 1. The fourth-order valence-corrected chi connectivity index (χ4v) is 5.64. The molecule has 1 saturated heterocycles. The Hall–Kier alpha value is -5.16. The maximum Gasteiger partial charge on any atom is 0.328 e. The molecule has 0 spiro atoms. The fraction of sp³-hybridized carbons (Fsp3) is 0.273. The number of carbonyl (C=O) groups excluding carboxylic acids is 1. The second-order valence-electron chi connectivity index (χ2n) is 10.6. The number of likely N-dealkylation sites (tertiary alicyclic amines) is 1. The first kappa shape index (κ1) is 30.3. The van der Waals surface area contributed by atoms with Crippen LogP contribution in [-0.4, -0.2) is 64.3 Å². The van der Waals surface area contributed by atoms with Gasteiger partial charge in [-0.2, -0.15) is 0 Å². The molecule has 1 fully saturated rings. The Morgan fingerprint density at radius 3 is 1.95 bits per heavy atom. The van der Waals surface area contributed by atoms with Gasteiger partial charge < -0.3 is 24.2 Å². The highest BCUT2D eigenvalue weighted by atomic mass is 16.5. The van der Waals surface area contributed by atoms with Crippen molar-refractivity contribution in [3.8, 4) is 11.5 Å². The molecular weight excluding hydrogens is 566 g/mol. The van der Waals surface area contributed by atoms with E-state index in [1.165, 1.54) is 18.0 Å². The average molecular weight is 600 g/mol. The van der Waals surface area contributed by atoms with Crippen molar-refractivity contribution >= 4 is 11.9 Å². The first-order valence-corrected chi connectivity index (χ1v) is 14.0. The van der Waals surface area contributed by atoms with Crippen LogP contribution in [0.1, 0.15) is 28.7 Å². The lowest BCUT2D eigenvalue weighted by atomic mass is 9.79. The van der Waals surface area contributed by atoms with Gasteiger partial charge in [-0.25, -0.2) is 9.59 Å². The van der Waals surface area contributed by atoms with E-state index in [-0.39, 0.29) is 18.5 Å². The van der Waals surface area contributed by atoms with E-state index < -0.39 is 47.4 Å². The van der Waals surface area contributed by atoms with E-state index in [2.05, 4.69) is 4.98 Å². The zero-order valence-electron chi connectivity index (χ0n) is 24.6. The molecule has 2 atom stereocenters. The summed E-state index contributed by atoms with van der Waals surface area (Å²) in [5.74, 6) is -0.464. The first-order chi connectivity index (χ1) is 21.2. The third kappa shape index (κ3) is 5.86. The Morgan fingerprint density at radius 2 is 1.43 bits per heavy atom. The molecule has 1 amide bonds. The molecule has 4 aromatic rings. The van der Waals surface area contributed by atoms with E-state index >= 15 is 0 Å². The fourth-order valence-electron chi connectivity index (χ4n) is 5.64. The number of hydrogen-bond acceptors (Lipinski definition) is 7. The van der Waals surface area contributed by atoms with E-state index in [0.29, 0.717) is 11.5 Å². The van der Waals surface area contributed by atoms with Crippen molar-refractivity contribution in [2.24, 2.45) is 0 Å². The summed E-state index contributed by atoms with van der Waals surface area (Å²) in [7, 11) is 3.16. The van der Waals surface area contributed by atoms with E-state index in [0.717, 1.165) is 21.3 Å². The lowest BCUT2D eigenvalue weighted by Gasteiger charge is -2.38. The molecule has 0 aliphatic carbocycles. The van der Waals surface area contributed by atoms with Crippen LogP contribution in [-0.2, 0) is 26.5 Å². The molecule has 0 saturated carbocycles. The van der Waals surface area contributed by atoms with Gasteiger partial charge in [0.25, 0.3) is 5.56 Å². The molecular formula is C33H33N3O8. The Kier molecular flexibility index (Phi) is 8.68. The molecule has 44 heavy (non-hydrogen) atoms. The highest BCUT2D eigenvalue weighted by Crippen LogP contribution is 2.44. The topological polar surface area (TPSA) is 140 Å². The summed E-state index contributed by atoms with van der Waals surface area (Å²) >= 11 is 0. The maximum absolute atomic E-state index is 13.5. The van der Waals surface area contributed by atoms with Gasteiger partial charge >= 0.3 is 11.7 Å². The van der Waals surface area contributed by atoms with Gasteiger partial charge in [-0.3, -0.25) is 19.1 Å². The number of methoxy groups -OCH3 is 2. The van der Waals surface area contributed by atoms with E-state index in [1.807, 2.05) is 78.9 Å². The molecule has 2 heterocycles. The van der Waals surface area contributed by atoms with Gasteiger partial charge in [0.2, 0.25) is 5.91 Å². The van der Waals surface area contributed by atoms with Crippen molar-refractivity contribution in [3.05, 3.63) is 128 Å². The van der Waals surface area contributed by atoms with Crippen LogP contribution in [0.25, 0.3) is 0 Å². The lowest BCUT2D eigenvalue weighted by Crippen LogP contribution is -2.44. The number of amides is 1. The standard InChI is InChI=1S/C33H33N3O8/c1-21-18-35(32(41)34-30(21)38)20-29(37)36-19-27(17-28(36)31(39)40)44-33(22-7-5-4-6-8-22,23-9-13-25(42-2)14-10-23)24-11-15-26(43-3)16-12-24/h4-16,18,27-28H,17,19-20H2,1-3H3,(H,39,40)(H,34,38,41)/t27-,28-/m0/s1. The largest absolute Gasteiger partial charge is 0.497 e. The van der Waals surface area contributed by atoms with Gasteiger partial charge in [0.05, 0.1) is 20.3 Å². The van der Waals surface area contributed by atoms with Crippen molar-refractivity contribution < 1.29 is 28.9 Å². The van der Waals surface area contributed by atoms with Crippen LogP contribution in [0, 0.1) is 6.92 Å². The molecule has 0 radical (unpaired) electrons. The second-order valence-corrected chi connectivity index (χ2v) is 10.6. The molecule has 228 valence electrons. The highest BCUT2D eigenvalue weighted by molar-refractivity contribution is 5.84. The number of aryl methyl sites for hydroxylation is 1. The zero-order valence-corrected chi connectivity index (χ0v) is 24.6. The van der Waals surface area contributed by atoms with Gasteiger partial charge in [0.1, 0.15) is 29.7 Å². The normalized spacial score (nSPS) is 16.5. The van der Waals surface area contributed by atoms with Gasteiger partial charge in [0.15, 0.2) is 0 Å². The smallest absolute Gasteiger partial charge is 0.328 e. The lowest BCUT2D eigenvalue weighted by molar-refractivity contribution is -0.148. The minimum absolute atomic E-state index is 0.0154. The molecule has 11 nitrogen and oxygen atoms in total. The van der Waals surface area contributed by atoms with Crippen molar-refractivity contribution in [2.75, 3.05) is 20.8 Å². The number of ether oxygens (including phenoxy) is 3. The Labute approximate surface area is 253 Å². The number of carbonyl (C=O) groups is 2. The predicted molar refractivity (Wildman–Crippen MR) is 161 cm³/mol. The van der Waals surface area contributed by atoms with Crippen molar-refractivity contribution in [1.29, 1.82) is 0 Å². The second kappa shape index (κ2) is 12.6. The van der Waals surface area contributed by atoms with Crippen LogP contribution in [0.15, 0.2) is 94.6 Å². The van der Waals surface area contributed by atoms with Crippen molar-refractivity contribution in [3.63, 3.8) is 0 Å². The van der Waals surface area contributed by atoms with Crippen LogP contribution < -0.4 is 20.7 Å². The number of nitrogens with zero attached hydrogens (tertiary/aromatic N) is 2. The zero-order chi connectivity index (χ0) is 31.4. The summed E-state index contributed by atoms with van der Waals surface area (Å²) in [5, 5.41) is 10.1. The third-order valence-electron chi connectivity index (χ3n) is 7.88. The molecule has 0 bridgehead atoms. The third-order valence-corrected chi connectivity index (χ3v) is 7.88. The van der Waals surface area contributed by atoms with E-state index in [1.54, 1.807) is 14.2 Å². The predicted octanol–water partition coefficient (Wildman–Crippen LogP) is 2.93. The van der Waals surface area contributed by atoms with Crippen LogP contribution in [0.3, 0.4) is 0 Å². The molecule has 1 aliphatic rings. The molecule has 5 rings (SSSR count). The molecule has 1 aliphatic heterocycles. The van der Waals surface area contributed by atoms with E-state index in [4.69, 9.17) is 14.2 Å². The van der Waals surface area contributed by atoms with E-state index in [9.17, 15) is 24.3 Å². The minimum atomic E-state index is -1.21. The first-order valence-electron chi connectivity index (χ1n) is 14.0. The number of aromatic nitrogens is 2. The van der Waals surface area contributed by atoms with Crippen molar-refractivity contribution in [2.45, 2.75) is 37.6 Å². The number of hydrogen-bond donors (Lipinski definition) is 2. The molecule has 3 aromatic carbocycles. The summed E-state index contributed by atoms with van der Waals surface area (Å²) in [6, 6.07) is 23.3. The number of aromatic amines is 1. The summed E-state index contributed by atoms with van der Waals surface area (Å²) in [6.45, 7) is 1.04. The number of rotatable bonds is 10. The Morgan fingerprint density at radius 1 is 0.886 bits per heavy atom. The van der Waals surface area contributed by atoms with Gasteiger partial charge in [-0.05, 0) is 47.9 Å². The molecule has 1 aromatic heterocycles. The van der Waals surface area contributed by atoms with Gasteiger partial charge in [-0.15, -0.1) is 0 Å². The number of benzene rings is 3. The summed E-state index contributed by atoms with van der Waals surface area (Å²) in [5.41, 5.74) is 0.0624. The number of nitrogens with one attached hydrogen (secondary N) is 1. The summed E-state index contributed by atoms with van der Waals surface area (Å²) < 4.78 is 18.9. The monoisotopic (exact) mass is 599 g/mol. The summed E-state index contributed by atoms with van der Waals surface area (Å²) in [4.78, 5) is 53.4. The van der Waals surface area contributed by atoms with Crippen LogP contribution in [0.5, 0.6) is 11.5 Å². The van der Waals surface area contributed by atoms with Crippen LogP contribution in [0.2, 0.25) is 0 Å². The van der Waals surface area contributed by atoms with Crippen LogP contribution in [0.4, 0.5) is 0 Å². The van der Waals surface area contributed by atoms with Crippen molar-refractivity contribution in [1.82, 2.24) is 14.5 Å². The number of H-pyrrole nitrogens is 1. The van der Waals surface area contributed by atoms with Gasteiger partial charge in [0, 0.05) is 24.7 Å².